The maximum absolute atomic E-state index is 12.2. The molecule has 0 aromatic heterocycles. The van der Waals surface area contributed by atoms with Crippen LogP contribution >= 0.6 is 0 Å². The smallest absolute Gasteiger partial charge is 0.243 e. The molecule has 1 unspecified atom stereocenters. The predicted octanol–water partition coefficient (Wildman–Crippen LogP) is 3.92. The molecule has 0 bridgehead atoms. The van der Waals surface area contributed by atoms with Gasteiger partial charge in [0, 0.05) is 25.3 Å². The first kappa shape index (κ1) is 27.4. The molecule has 1 fully saturated rings. The highest BCUT2D eigenvalue weighted by molar-refractivity contribution is 5.89. The van der Waals surface area contributed by atoms with Crippen molar-refractivity contribution in [3.63, 3.8) is 0 Å². The van der Waals surface area contributed by atoms with Crippen molar-refractivity contribution >= 4 is 11.8 Å². The molecule has 31 heavy (non-hydrogen) atoms. The number of carbonyl (C=O) groups excluding carboxylic acids is 2. The third-order valence-electron chi connectivity index (χ3n) is 5.77. The van der Waals surface area contributed by atoms with Gasteiger partial charge in [-0.3, -0.25) is 9.59 Å². The zero-order chi connectivity index (χ0) is 22.6. The number of nitrogens with one attached hydrogen (secondary N) is 2. The first-order valence-corrected chi connectivity index (χ1v) is 12.3. The van der Waals surface area contributed by atoms with Gasteiger partial charge in [0.2, 0.25) is 11.8 Å². The Morgan fingerprint density at radius 2 is 1.03 bits per heavy atom. The van der Waals surface area contributed by atoms with Gasteiger partial charge in [-0.2, -0.15) is 0 Å². The van der Waals surface area contributed by atoms with Gasteiger partial charge in [0.05, 0.1) is 0 Å². The summed E-state index contributed by atoms with van der Waals surface area (Å²) in [6.07, 6.45) is 22.2. The average molecular weight is 437 g/mol. The van der Waals surface area contributed by atoms with Crippen molar-refractivity contribution in [3.05, 3.63) is 24.3 Å². The number of unbranched alkanes of at least 4 members (excludes halogenated alkanes) is 10. The van der Waals surface area contributed by atoms with Gasteiger partial charge in [0.1, 0.15) is 0 Å². The fourth-order valence-corrected chi connectivity index (χ4v) is 3.96. The molecular formula is C25H44N2O4. The molecule has 0 saturated heterocycles. The van der Waals surface area contributed by atoms with Crippen molar-refractivity contribution < 1.29 is 19.8 Å². The summed E-state index contributed by atoms with van der Waals surface area (Å²) in [6.45, 7) is 0.539. The van der Waals surface area contributed by atoms with E-state index in [4.69, 9.17) is 10.2 Å². The van der Waals surface area contributed by atoms with Crippen LogP contribution in [0.15, 0.2) is 24.3 Å². The average Bonchev–Trinajstić information content (AvgIpc) is 3.18. The van der Waals surface area contributed by atoms with Crippen LogP contribution in [0.1, 0.15) is 96.3 Å². The fourth-order valence-electron chi connectivity index (χ4n) is 3.96. The number of hydrogen-bond donors (Lipinski definition) is 4. The molecule has 1 saturated carbocycles. The number of hydrogen-bond acceptors (Lipinski definition) is 4. The summed E-state index contributed by atoms with van der Waals surface area (Å²) in [4.78, 5) is 24.4. The minimum absolute atomic E-state index is 0.000457. The van der Waals surface area contributed by atoms with Gasteiger partial charge >= 0.3 is 0 Å². The second-order valence-corrected chi connectivity index (χ2v) is 8.53. The van der Waals surface area contributed by atoms with E-state index in [0.717, 1.165) is 96.3 Å². The van der Waals surface area contributed by atoms with Gasteiger partial charge < -0.3 is 20.8 Å². The normalized spacial score (nSPS) is 18.8. The number of allylic oxidation sites excluding steroid dienone is 2. The van der Waals surface area contributed by atoms with Gasteiger partial charge in [-0.05, 0) is 69.9 Å². The minimum atomic E-state index is -0.0804. The van der Waals surface area contributed by atoms with E-state index in [9.17, 15) is 9.59 Å². The zero-order valence-corrected chi connectivity index (χ0v) is 19.2. The van der Waals surface area contributed by atoms with Crippen molar-refractivity contribution in [1.29, 1.82) is 0 Å². The summed E-state index contributed by atoms with van der Waals surface area (Å²) in [6, 6.07) is -0.000914. The van der Waals surface area contributed by atoms with Gasteiger partial charge in [0.15, 0.2) is 0 Å². The summed E-state index contributed by atoms with van der Waals surface area (Å²) in [5, 5.41) is 23.6. The first-order chi connectivity index (χ1) is 15.2. The van der Waals surface area contributed by atoms with E-state index in [-0.39, 0.29) is 37.1 Å². The summed E-state index contributed by atoms with van der Waals surface area (Å²) < 4.78 is 0. The highest BCUT2D eigenvalue weighted by Gasteiger charge is 2.28. The van der Waals surface area contributed by atoms with Crippen LogP contribution in [0.25, 0.3) is 0 Å². The minimum Gasteiger partial charge on any atom is -0.396 e. The van der Waals surface area contributed by atoms with Crippen molar-refractivity contribution in [2.75, 3.05) is 13.2 Å². The lowest BCUT2D eigenvalue weighted by Gasteiger charge is -2.21. The fraction of sp³-hybridized carbons (Fsp3) is 0.760. The summed E-state index contributed by atoms with van der Waals surface area (Å²) in [5.41, 5.74) is 0. The highest BCUT2D eigenvalue weighted by Crippen LogP contribution is 2.19. The van der Waals surface area contributed by atoms with E-state index >= 15 is 0 Å². The third kappa shape index (κ3) is 14.9. The summed E-state index contributed by atoms with van der Waals surface area (Å²) in [5.74, 6) is -0.161. The number of rotatable bonds is 18. The third-order valence-corrected chi connectivity index (χ3v) is 5.77. The molecule has 0 aromatic carbocycles. The van der Waals surface area contributed by atoms with Crippen LogP contribution in [-0.2, 0) is 9.59 Å². The molecule has 0 aliphatic heterocycles. The summed E-state index contributed by atoms with van der Waals surface area (Å²) >= 11 is 0. The second kappa shape index (κ2) is 19.1. The monoisotopic (exact) mass is 436 g/mol. The van der Waals surface area contributed by atoms with Gasteiger partial charge in [-0.15, -0.1) is 0 Å². The van der Waals surface area contributed by atoms with Crippen LogP contribution in [0.4, 0.5) is 0 Å². The molecule has 0 radical (unpaired) electrons. The van der Waals surface area contributed by atoms with Crippen molar-refractivity contribution in [2.45, 2.75) is 108 Å². The molecule has 2 amide bonds. The van der Waals surface area contributed by atoms with Crippen LogP contribution < -0.4 is 10.6 Å². The maximum atomic E-state index is 12.2. The Balaban J connectivity index is 2.17. The Morgan fingerprint density at radius 3 is 1.45 bits per heavy atom. The molecule has 6 heteroatoms. The molecule has 1 rings (SSSR count). The lowest BCUT2D eigenvalue weighted by atomic mass is 10.1. The van der Waals surface area contributed by atoms with Crippen LogP contribution in [0.2, 0.25) is 0 Å². The number of aliphatic hydroxyl groups excluding tert-OH is 2. The van der Waals surface area contributed by atoms with Crippen molar-refractivity contribution in [1.82, 2.24) is 10.6 Å². The van der Waals surface area contributed by atoms with Crippen molar-refractivity contribution in [2.24, 2.45) is 0 Å². The quantitative estimate of drug-likeness (QED) is 0.193. The van der Waals surface area contributed by atoms with E-state index in [2.05, 4.69) is 10.6 Å². The molecule has 0 spiro atoms. The number of carbonyl (C=O) groups is 2. The van der Waals surface area contributed by atoms with Gasteiger partial charge in [-0.25, -0.2) is 0 Å². The molecule has 6 nitrogen and oxygen atoms in total. The maximum Gasteiger partial charge on any atom is 0.243 e. The predicted molar refractivity (Wildman–Crippen MR) is 126 cm³/mol. The SMILES string of the molecule is O=C(/C=C/CCCCCCCO)NC1CCC[C@H]1NC(=O)/C=C/CCCCCCCO. The molecule has 0 heterocycles. The lowest BCUT2D eigenvalue weighted by molar-refractivity contribution is -0.119. The van der Waals surface area contributed by atoms with E-state index in [0.29, 0.717) is 0 Å². The largest absolute Gasteiger partial charge is 0.396 e. The summed E-state index contributed by atoms with van der Waals surface area (Å²) in [7, 11) is 0. The van der Waals surface area contributed by atoms with Crippen LogP contribution in [0, 0.1) is 0 Å². The lowest BCUT2D eigenvalue weighted by Crippen LogP contribution is -2.47. The Hall–Kier alpha value is -1.66. The molecular weight excluding hydrogens is 392 g/mol. The number of aliphatic hydroxyl groups is 2. The Kier molecular flexibility index (Phi) is 16.8. The molecule has 178 valence electrons. The Bertz CT molecular complexity index is 488. The van der Waals surface area contributed by atoms with Gasteiger partial charge in [0.25, 0.3) is 0 Å². The Morgan fingerprint density at radius 1 is 0.645 bits per heavy atom. The van der Waals surface area contributed by atoms with E-state index in [1.165, 1.54) is 0 Å². The zero-order valence-electron chi connectivity index (χ0n) is 19.2. The molecule has 1 aliphatic rings. The van der Waals surface area contributed by atoms with Crippen molar-refractivity contribution in [3.8, 4) is 0 Å². The first-order valence-electron chi connectivity index (χ1n) is 12.3. The van der Waals surface area contributed by atoms with E-state index in [1.807, 2.05) is 12.2 Å². The second-order valence-electron chi connectivity index (χ2n) is 8.53. The molecule has 2 atom stereocenters. The molecule has 0 aromatic rings. The Labute approximate surface area is 188 Å². The molecule has 4 N–H and O–H groups in total. The van der Waals surface area contributed by atoms with E-state index < -0.39 is 0 Å². The van der Waals surface area contributed by atoms with Crippen LogP contribution in [-0.4, -0.2) is 47.3 Å². The van der Waals surface area contributed by atoms with E-state index in [1.54, 1.807) is 12.2 Å². The highest BCUT2D eigenvalue weighted by atomic mass is 16.3. The molecule has 1 aliphatic carbocycles. The standard InChI is InChI=1S/C25H44N2O4/c28-20-13-9-5-1-3-7-11-18-24(30)26-22-16-15-17-23(22)27-25(31)19-12-8-4-2-6-10-14-21-29/h11-12,18-19,22-23,28-29H,1-10,13-17,20-21H2,(H,26,30)(H,27,31)/b18-11+,19-12+/t22-,23?/m1/s1. The topological polar surface area (TPSA) is 98.7 Å². The van der Waals surface area contributed by atoms with Crippen LogP contribution in [0.3, 0.4) is 0 Å². The van der Waals surface area contributed by atoms with Crippen LogP contribution in [0.5, 0.6) is 0 Å². The van der Waals surface area contributed by atoms with Gasteiger partial charge in [-0.1, -0.05) is 50.7 Å². The number of amides is 2.